The van der Waals surface area contributed by atoms with E-state index in [9.17, 15) is 0 Å². The van der Waals surface area contributed by atoms with Gasteiger partial charge in [0.15, 0.2) is 0 Å². The van der Waals surface area contributed by atoms with Crippen molar-refractivity contribution < 1.29 is 35.4 Å². The summed E-state index contributed by atoms with van der Waals surface area (Å²) in [5.41, 5.74) is 0. The van der Waals surface area contributed by atoms with Gasteiger partial charge in [0, 0.05) is 6.61 Å². The number of aliphatic hydroxyl groups is 1. The Balaban J connectivity index is -0.00000000333. The summed E-state index contributed by atoms with van der Waals surface area (Å²) in [6.45, 7) is 1.93. The van der Waals surface area contributed by atoms with Crippen molar-refractivity contribution in [3.8, 4) is 0 Å². The van der Waals surface area contributed by atoms with Gasteiger partial charge in [-0.2, -0.15) is 0 Å². The van der Waals surface area contributed by atoms with E-state index >= 15 is 0 Å². The molecule has 0 heterocycles. The Bertz CT molecular complexity index is 13.7. The van der Waals surface area contributed by atoms with Gasteiger partial charge < -0.3 is 35.4 Å². The second-order valence-electron chi connectivity index (χ2n) is 0.316. The fraction of sp³-hybridized carbons (Fsp3) is 1.00. The second-order valence-corrected chi connectivity index (χ2v) is 0.316. The zero-order valence-electron chi connectivity index (χ0n) is 4.12. The second kappa shape index (κ2) is 55.6. The molecule has 44 valence electrons. The van der Waals surface area contributed by atoms with Crippen LogP contribution in [0.4, 0.5) is 0 Å². The van der Waals surface area contributed by atoms with Crippen LogP contribution in [0.3, 0.4) is 0 Å². The van der Waals surface area contributed by atoms with Crippen LogP contribution in [0, 0.1) is 0 Å². The van der Waals surface area contributed by atoms with Gasteiger partial charge in [-0.1, -0.05) is 0 Å². The minimum absolute atomic E-state index is 0. The summed E-state index contributed by atoms with van der Waals surface area (Å²) in [4.78, 5) is 0. The molecule has 0 unspecified atom stereocenters. The molecular weight excluding hydrogens is 151 g/mol. The summed E-state index contributed by atoms with van der Waals surface area (Å²) in [7, 11) is 0. The first-order valence-corrected chi connectivity index (χ1v) is 1.02. The first-order chi connectivity index (χ1) is 1.41. The minimum atomic E-state index is 0. The molecule has 0 aromatic heterocycles. The third-order valence-electron chi connectivity index (χ3n) is 0. The molecule has 0 fully saturated rings. The fourth-order valence-electron chi connectivity index (χ4n) is 0. The molecule has 0 aliphatic rings. The Morgan fingerprint density at radius 1 is 1.29 bits per heavy atom. The standard InChI is InChI=1S/C2H6O.2ClH.Mg.H2O/c1-2-3;;;;/h3H,2H2,1H3;2*1H;;1H2/q;;;+2;/p-2. The third-order valence-corrected chi connectivity index (χ3v) is 0. The Morgan fingerprint density at radius 3 is 1.29 bits per heavy atom. The normalized spacial score (nSPS) is 2.57. The topological polar surface area (TPSA) is 51.7 Å². The molecule has 0 saturated carbocycles. The van der Waals surface area contributed by atoms with E-state index in [4.69, 9.17) is 5.11 Å². The predicted molar refractivity (Wildman–Crippen MR) is 22.1 cm³/mol. The number of aliphatic hydroxyl groups excluding tert-OH is 1. The van der Waals surface area contributed by atoms with Crippen LogP contribution < -0.4 is 24.8 Å². The molecule has 5 heteroatoms. The van der Waals surface area contributed by atoms with Gasteiger partial charge in [0.05, 0.1) is 0 Å². The van der Waals surface area contributed by atoms with E-state index < -0.39 is 0 Å². The van der Waals surface area contributed by atoms with E-state index in [1.54, 1.807) is 6.92 Å². The molecular formula is C2H8Cl2MgO2. The predicted octanol–water partition coefficient (Wildman–Crippen LogP) is -7.20. The largest absolute Gasteiger partial charge is 2.00 e. The van der Waals surface area contributed by atoms with Crippen LogP contribution in [-0.4, -0.2) is 40.2 Å². The van der Waals surface area contributed by atoms with Gasteiger partial charge in [0.25, 0.3) is 0 Å². The summed E-state index contributed by atoms with van der Waals surface area (Å²) in [5.74, 6) is 0. The molecule has 0 spiro atoms. The molecule has 7 heavy (non-hydrogen) atoms. The van der Waals surface area contributed by atoms with Gasteiger partial charge in [-0.3, -0.25) is 0 Å². The molecule has 0 rings (SSSR count). The van der Waals surface area contributed by atoms with E-state index in [1.807, 2.05) is 0 Å². The third kappa shape index (κ3) is 126. The Morgan fingerprint density at radius 2 is 1.29 bits per heavy atom. The van der Waals surface area contributed by atoms with Crippen molar-refractivity contribution in [3.05, 3.63) is 0 Å². The van der Waals surface area contributed by atoms with Crippen LogP contribution in [0.2, 0.25) is 0 Å². The van der Waals surface area contributed by atoms with Crippen molar-refractivity contribution in [3.63, 3.8) is 0 Å². The zero-order valence-corrected chi connectivity index (χ0v) is 7.04. The van der Waals surface area contributed by atoms with Crippen LogP contribution in [0.5, 0.6) is 0 Å². The number of hydrogen-bond acceptors (Lipinski definition) is 1. The van der Waals surface area contributed by atoms with Crippen molar-refractivity contribution in [2.75, 3.05) is 6.61 Å². The fourth-order valence-corrected chi connectivity index (χ4v) is 0. The van der Waals surface area contributed by atoms with E-state index in [0.29, 0.717) is 0 Å². The van der Waals surface area contributed by atoms with Crippen LogP contribution in [0.25, 0.3) is 0 Å². The summed E-state index contributed by atoms with van der Waals surface area (Å²) < 4.78 is 0. The summed E-state index contributed by atoms with van der Waals surface area (Å²) in [5, 5.41) is 7.57. The SMILES string of the molecule is CCO.O.[Cl-].[Cl-].[Mg+2]. The number of hydrogen-bond donors (Lipinski definition) is 1. The average molecular weight is 159 g/mol. The van der Waals surface area contributed by atoms with Gasteiger partial charge in [-0.05, 0) is 6.92 Å². The van der Waals surface area contributed by atoms with Gasteiger partial charge >= 0.3 is 23.1 Å². The van der Waals surface area contributed by atoms with Crippen molar-refractivity contribution in [2.24, 2.45) is 0 Å². The number of halogens is 2. The molecule has 0 radical (unpaired) electrons. The smallest absolute Gasteiger partial charge is 1.00 e. The Labute approximate surface area is 72.0 Å². The summed E-state index contributed by atoms with van der Waals surface area (Å²) >= 11 is 0. The molecule has 0 aromatic rings. The average Bonchev–Trinajstić information content (AvgIpc) is 0.918. The maximum atomic E-state index is 7.57. The van der Waals surface area contributed by atoms with Crippen molar-refractivity contribution in [2.45, 2.75) is 6.92 Å². The van der Waals surface area contributed by atoms with Crippen molar-refractivity contribution in [1.82, 2.24) is 0 Å². The molecule has 0 atom stereocenters. The van der Waals surface area contributed by atoms with Crippen molar-refractivity contribution >= 4 is 23.1 Å². The summed E-state index contributed by atoms with van der Waals surface area (Å²) in [6, 6.07) is 0. The van der Waals surface area contributed by atoms with Crippen LogP contribution in [0.1, 0.15) is 6.92 Å². The summed E-state index contributed by atoms with van der Waals surface area (Å²) in [6.07, 6.45) is 0. The van der Waals surface area contributed by atoms with Crippen LogP contribution in [0.15, 0.2) is 0 Å². The van der Waals surface area contributed by atoms with Crippen LogP contribution >= 0.6 is 0 Å². The Kier molecular flexibility index (Phi) is 325. The van der Waals surface area contributed by atoms with E-state index in [1.165, 1.54) is 0 Å². The Hall–Kier alpha value is 1.27. The molecule has 0 saturated heterocycles. The molecule has 2 nitrogen and oxygen atoms in total. The minimum Gasteiger partial charge on any atom is -1.00 e. The first-order valence-electron chi connectivity index (χ1n) is 1.02. The van der Waals surface area contributed by atoms with Gasteiger partial charge in [-0.25, -0.2) is 0 Å². The molecule has 0 bridgehead atoms. The molecule has 0 aliphatic carbocycles. The molecule has 0 amide bonds. The van der Waals surface area contributed by atoms with Crippen molar-refractivity contribution in [1.29, 1.82) is 0 Å². The van der Waals surface area contributed by atoms with E-state index in [2.05, 4.69) is 0 Å². The van der Waals surface area contributed by atoms with E-state index in [-0.39, 0.29) is 59.9 Å². The van der Waals surface area contributed by atoms with Gasteiger partial charge in [0.1, 0.15) is 0 Å². The molecule has 3 N–H and O–H groups in total. The van der Waals surface area contributed by atoms with Crippen LogP contribution in [-0.2, 0) is 0 Å². The quantitative estimate of drug-likeness (QED) is 0.351. The molecule has 0 aliphatic heterocycles. The van der Waals surface area contributed by atoms with Gasteiger partial charge in [-0.15, -0.1) is 0 Å². The molecule has 0 aromatic carbocycles. The zero-order chi connectivity index (χ0) is 2.71. The monoisotopic (exact) mass is 158 g/mol. The van der Waals surface area contributed by atoms with Gasteiger partial charge in [0.2, 0.25) is 0 Å². The maximum Gasteiger partial charge on any atom is 2.00 e. The van der Waals surface area contributed by atoms with E-state index in [0.717, 1.165) is 0 Å². The first kappa shape index (κ1) is 40.9. The number of rotatable bonds is 0. The maximum absolute atomic E-state index is 7.57.